The van der Waals surface area contributed by atoms with Crippen LogP contribution in [-0.4, -0.2) is 28.9 Å². The molecule has 3 nitrogen and oxygen atoms in total. The van der Waals surface area contributed by atoms with Crippen molar-refractivity contribution in [2.24, 2.45) is 0 Å². The summed E-state index contributed by atoms with van der Waals surface area (Å²) < 4.78 is 0. The van der Waals surface area contributed by atoms with Crippen LogP contribution < -0.4 is 0 Å². The third kappa shape index (κ3) is 4.55. The van der Waals surface area contributed by atoms with Crippen LogP contribution in [-0.2, 0) is 11.2 Å². The van der Waals surface area contributed by atoms with Gasteiger partial charge in [0.25, 0.3) is 0 Å². The van der Waals surface area contributed by atoms with Gasteiger partial charge < -0.3 is 4.90 Å². The zero-order chi connectivity index (χ0) is 16.1. The van der Waals surface area contributed by atoms with Crippen molar-refractivity contribution in [3.8, 4) is 0 Å². The molecular weight excluding hydrogens is 328 g/mol. The number of likely N-dealkylation sites (tertiary alicyclic amines) is 1. The van der Waals surface area contributed by atoms with E-state index < -0.39 is 0 Å². The largest absolute Gasteiger partial charge is 0.343 e. The monoisotopic (exact) mass is 348 g/mol. The lowest BCUT2D eigenvalue weighted by atomic mass is 9.97. The van der Waals surface area contributed by atoms with Gasteiger partial charge in [-0.25, -0.2) is 4.98 Å². The maximum absolute atomic E-state index is 12.3. The summed E-state index contributed by atoms with van der Waals surface area (Å²) in [6.45, 7) is 1.72. The smallest absolute Gasteiger partial charge is 0.222 e. The summed E-state index contributed by atoms with van der Waals surface area (Å²) in [7, 11) is 0. The van der Waals surface area contributed by atoms with Gasteiger partial charge in [-0.05, 0) is 43.4 Å². The van der Waals surface area contributed by atoms with Crippen LogP contribution in [0.1, 0.15) is 42.2 Å². The first kappa shape index (κ1) is 16.5. The molecule has 1 amide bonds. The molecule has 0 radical (unpaired) electrons. The molecule has 0 saturated carbocycles. The van der Waals surface area contributed by atoms with Crippen LogP contribution in [0.15, 0.2) is 35.8 Å². The summed E-state index contributed by atoms with van der Waals surface area (Å²) in [6.07, 6.45) is 6.34. The normalized spacial score (nSPS) is 15.8. The Hall–Kier alpha value is -1.39. The summed E-state index contributed by atoms with van der Waals surface area (Å²) in [6, 6.07) is 7.88. The predicted octanol–water partition coefficient (Wildman–Crippen LogP) is 4.53. The van der Waals surface area contributed by atoms with E-state index in [1.807, 2.05) is 34.7 Å². The molecule has 5 heteroatoms. The minimum Gasteiger partial charge on any atom is -0.343 e. The summed E-state index contributed by atoms with van der Waals surface area (Å²) >= 11 is 7.71. The zero-order valence-electron chi connectivity index (χ0n) is 13.1. The van der Waals surface area contributed by atoms with Crippen molar-refractivity contribution >= 4 is 28.8 Å². The molecule has 0 N–H and O–H groups in total. The van der Waals surface area contributed by atoms with Crippen molar-refractivity contribution in [3.63, 3.8) is 0 Å². The third-order valence-electron chi connectivity index (χ3n) is 4.39. The van der Waals surface area contributed by atoms with E-state index in [9.17, 15) is 4.79 Å². The first-order valence-electron chi connectivity index (χ1n) is 8.14. The van der Waals surface area contributed by atoms with E-state index in [4.69, 9.17) is 11.6 Å². The van der Waals surface area contributed by atoms with E-state index in [-0.39, 0.29) is 5.91 Å². The molecular formula is C18H21ClN2OS. The topological polar surface area (TPSA) is 33.2 Å². The Balaban J connectivity index is 1.41. The fourth-order valence-corrected chi connectivity index (χ4v) is 4.13. The molecule has 1 saturated heterocycles. The molecule has 0 atom stereocenters. The van der Waals surface area contributed by atoms with Crippen LogP contribution >= 0.6 is 22.9 Å². The lowest BCUT2D eigenvalue weighted by Gasteiger charge is -2.31. The van der Waals surface area contributed by atoms with E-state index in [2.05, 4.69) is 11.1 Å². The molecule has 1 aliphatic rings. The van der Waals surface area contributed by atoms with Crippen molar-refractivity contribution < 1.29 is 4.79 Å². The van der Waals surface area contributed by atoms with Crippen LogP contribution in [0.3, 0.4) is 0 Å². The molecule has 1 aromatic heterocycles. The molecule has 0 aliphatic carbocycles. The summed E-state index contributed by atoms with van der Waals surface area (Å²) in [4.78, 5) is 18.8. The van der Waals surface area contributed by atoms with E-state index in [1.54, 1.807) is 11.3 Å². The molecule has 1 fully saturated rings. The third-order valence-corrected chi connectivity index (χ3v) is 5.57. The number of amides is 1. The van der Waals surface area contributed by atoms with Gasteiger partial charge in [-0.3, -0.25) is 4.79 Å². The molecule has 1 aromatic carbocycles. The average molecular weight is 349 g/mol. The summed E-state index contributed by atoms with van der Waals surface area (Å²) in [5.41, 5.74) is 1.20. The number of piperidine rings is 1. The highest BCUT2D eigenvalue weighted by atomic mass is 35.5. The van der Waals surface area contributed by atoms with Gasteiger partial charge in [-0.1, -0.05) is 23.7 Å². The number of benzene rings is 1. The van der Waals surface area contributed by atoms with Crippen LogP contribution in [0.4, 0.5) is 0 Å². The molecule has 0 spiro atoms. The van der Waals surface area contributed by atoms with Crippen LogP contribution in [0, 0.1) is 0 Å². The Morgan fingerprint density at radius 1 is 1.35 bits per heavy atom. The second kappa shape index (κ2) is 7.93. The fourth-order valence-electron chi connectivity index (χ4n) is 3.11. The lowest BCUT2D eigenvalue weighted by molar-refractivity contribution is -0.132. The molecule has 122 valence electrons. The highest BCUT2D eigenvalue weighted by Crippen LogP contribution is 2.29. The standard InChI is InChI=1S/C18H21ClN2OS/c19-16-5-1-3-14(13-16)4-2-6-17(22)21-10-7-15(8-11-21)18-20-9-12-23-18/h1,3,5,9,12-13,15H,2,4,6-8,10-11H2. The predicted molar refractivity (Wildman–Crippen MR) is 95.1 cm³/mol. The number of carbonyl (C=O) groups is 1. The van der Waals surface area contributed by atoms with Gasteiger partial charge in [-0.15, -0.1) is 11.3 Å². The quantitative estimate of drug-likeness (QED) is 0.795. The Morgan fingerprint density at radius 3 is 2.87 bits per heavy atom. The number of nitrogens with zero attached hydrogens (tertiary/aromatic N) is 2. The van der Waals surface area contributed by atoms with Gasteiger partial charge in [0.1, 0.15) is 0 Å². The van der Waals surface area contributed by atoms with Crippen molar-refractivity contribution in [1.29, 1.82) is 0 Å². The summed E-state index contributed by atoms with van der Waals surface area (Å²) in [5.74, 6) is 0.815. The number of hydrogen-bond acceptors (Lipinski definition) is 3. The number of thiazole rings is 1. The second-order valence-electron chi connectivity index (χ2n) is 6.01. The van der Waals surface area contributed by atoms with Crippen molar-refractivity contribution in [2.75, 3.05) is 13.1 Å². The number of carbonyl (C=O) groups excluding carboxylic acids is 1. The highest BCUT2D eigenvalue weighted by molar-refractivity contribution is 7.09. The maximum Gasteiger partial charge on any atom is 0.222 e. The highest BCUT2D eigenvalue weighted by Gasteiger charge is 2.24. The van der Waals surface area contributed by atoms with Gasteiger partial charge in [0.15, 0.2) is 0 Å². The van der Waals surface area contributed by atoms with Crippen molar-refractivity contribution in [1.82, 2.24) is 9.88 Å². The molecule has 3 rings (SSSR count). The second-order valence-corrected chi connectivity index (χ2v) is 7.37. The maximum atomic E-state index is 12.3. The van der Waals surface area contributed by atoms with Gasteiger partial charge in [0.05, 0.1) is 5.01 Å². The van der Waals surface area contributed by atoms with Gasteiger partial charge in [0, 0.05) is 42.0 Å². The molecule has 2 aromatic rings. The van der Waals surface area contributed by atoms with Gasteiger partial charge >= 0.3 is 0 Å². The van der Waals surface area contributed by atoms with E-state index in [0.29, 0.717) is 12.3 Å². The van der Waals surface area contributed by atoms with Crippen LogP contribution in [0.5, 0.6) is 0 Å². The number of halogens is 1. The molecule has 0 unspecified atom stereocenters. The minimum absolute atomic E-state index is 0.282. The molecule has 23 heavy (non-hydrogen) atoms. The molecule has 2 heterocycles. The van der Waals surface area contributed by atoms with E-state index in [1.165, 1.54) is 10.6 Å². The van der Waals surface area contributed by atoms with E-state index >= 15 is 0 Å². The van der Waals surface area contributed by atoms with Crippen molar-refractivity contribution in [2.45, 2.75) is 38.0 Å². The summed E-state index contributed by atoms with van der Waals surface area (Å²) in [5, 5.41) is 4.01. The van der Waals surface area contributed by atoms with E-state index in [0.717, 1.165) is 43.8 Å². The number of aromatic nitrogens is 1. The van der Waals surface area contributed by atoms with Crippen LogP contribution in [0.2, 0.25) is 5.02 Å². The van der Waals surface area contributed by atoms with Crippen molar-refractivity contribution in [3.05, 3.63) is 51.4 Å². The Morgan fingerprint density at radius 2 is 2.17 bits per heavy atom. The Bertz CT molecular complexity index is 636. The molecule has 0 bridgehead atoms. The SMILES string of the molecule is O=C(CCCc1cccc(Cl)c1)N1CCC(c2nccs2)CC1. The Kier molecular flexibility index (Phi) is 5.68. The number of hydrogen-bond donors (Lipinski definition) is 0. The van der Waals surface area contributed by atoms with Gasteiger partial charge in [0.2, 0.25) is 5.91 Å². The Labute approximate surface area is 146 Å². The minimum atomic E-state index is 0.282. The first-order valence-corrected chi connectivity index (χ1v) is 9.40. The zero-order valence-corrected chi connectivity index (χ0v) is 14.7. The van der Waals surface area contributed by atoms with Gasteiger partial charge in [-0.2, -0.15) is 0 Å². The average Bonchev–Trinajstić information content (AvgIpc) is 3.09. The molecule has 1 aliphatic heterocycles. The lowest BCUT2D eigenvalue weighted by Crippen LogP contribution is -2.37. The fraction of sp³-hybridized carbons (Fsp3) is 0.444. The first-order chi connectivity index (χ1) is 11.2. The van der Waals surface area contributed by atoms with Crippen LogP contribution in [0.25, 0.3) is 0 Å². The number of aryl methyl sites for hydroxylation is 1. The number of rotatable bonds is 5.